The van der Waals surface area contributed by atoms with Crippen LogP contribution in [0.15, 0.2) is 55.1 Å². The quantitative estimate of drug-likeness (QED) is 0.316. The van der Waals surface area contributed by atoms with E-state index >= 15 is 0 Å². The van der Waals surface area contributed by atoms with Gasteiger partial charge >= 0.3 is 0 Å². The van der Waals surface area contributed by atoms with E-state index in [2.05, 4.69) is 10.1 Å². The summed E-state index contributed by atoms with van der Waals surface area (Å²) in [7, 11) is 1.85. The van der Waals surface area contributed by atoms with Crippen molar-refractivity contribution in [2.24, 2.45) is 7.05 Å². The normalized spacial score (nSPS) is 11.0. The van der Waals surface area contributed by atoms with Gasteiger partial charge in [-0.1, -0.05) is 0 Å². The molecule has 0 radical (unpaired) electrons. The number of rotatable bonds is 4. The van der Waals surface area contributed by atoms with Crippen LogP contribution in [0.3, 0.4) is 0 Å². The molecule has 134 valence electrons. The SMILES string of the molecule is Cc1cc2ncc(C(=O)c3ccc([N+](=O)[O-])cc3)n2cc1-c1cnn(C)c1. The van der Waals surface area contributed by atoms with E-state index in [9.17, 15) is 14.9 Å². The number of hydrogen-bond acceptors (Lipinski definition) is 5. The molecule has 0 aliphatic heterocycles. The Bertz CT molecular complexity index is 1190. The molecule has 0 aliphatic carbocycles. The van der Waals surface area contributed by atoms with Crippen LogP contribution in [0.4, 0.5) is 5.69 Å². The monoisotopic (exact) mass is 361 g/mol. The number of non-ortho nitro benzene ring substituents is 1. The fourth-order valence-electron chi connectivity index (χ4n) is 3.03. The van der Waals surface area contributed by atoms with Crippen molar-refractivity contribution < 1.29 is 9.72 Å². The van der Waals surface area contributed by atoms with Crippen molar-refractivity contribution in [3.05, 3.63) is 82.1 Å². The van der Waals surface area contributed by atoms with Gasteiger partial charge in [0.2, 0.25) is 5.78 Å². The summed E-state index contributed by atoms with van der Waals surface area (Å²) in [4.78, 5) is 27.5. The van der Waals surface area contributed by atoms with E-state index in [0.717, 1.165) is 16.7 Å². The maximum atomic E-state index is 12.9. The topological polar surface area (TPSA) is 95.3 Å². The molecule has 0 saturated heterocycles. The summed E-state index contributed by atoms with van der Waals surface area (Å²) in [6, 6.07) is 7.46. The van der Waals surface area contributed by atoms with Gasteiger partial charge in [0.15, 0.2) is 0 Å². The lowest BCUT2D eigenvalue weighted by Gasteiger charge is -2.07. The zero-order valence-corrected chi connectivity index (χ0v) is 14.7. The zero-order valence-electron chi connectivity index (χ0n) is 14.7. The molecule has 0 unspecified atom stereocenters. The second kappa shape index (κ2) is 6.17. The molecule has 0 amide bonds. The second-order valence-electron chi connectivity index (χ2n) is 6.28. The first-order valence-electron chi connectivity index (χ1n) is 8.20. The molecule has 27 heavy (non-hydrogen) atoms. The number of carbonyl (C=O) groups is 1. The van der Waals surface area contributed by atoms with Crippen molar-refractivity contribution in [3.63, 3.8) is 0 Å². The summed E-state index contributed by atoms with van der Waals surface area (Å²) < 4.78 is 3.45. The molecule has 0 aliphatic rings. The number of fused-ring (bicyclic) bond motifs is 1. The van der Waals surface area contributed by atoms with Gasteiger partial charge in [0.05, 0.1) is 17.3 Å². The number of aromatic nitrogens is 4. The summed E-state index contributed by atoms with van der Waals surface area (Å²) in [5.74, 6) is -0.251. The number of benzene rings is 1. The van der Waals surface area contributed by atoms with Gasteiger partial charge in [0, 0.05) is 48.3 Å². The molecule has 4 aromatic rings. The number of pyridine rings is 1. The molecule has 0 N–H and O–H groups in total. The molecule has 1 aromatic carbocycles. The molecule has 4 rings (SSSR count). The minimum absolute atomic E-state index is 0.0563. The van der Waals surface area contributed by atoms with Crippen LogP contribution in [-0.4, -0.2) is 29.9 Å². The van der Waals surface area contributed by atoms with Gasteiger partial charge in [-0.15, -0.1) is 0 Å². The Morgan fingerprint density at radius 1 is 1.15 bits per heavy atom. The predicted molar refractivity (Wildman–Crippen MR) is 98.7 cm³/mol. The smallest absolute Gasteiger partial charge is 0.269 e. The highest BCUT2D eigenvalue weighted by molar-refractivity contribution is 6.08. The average Bonchev–Trinajstić information content (AvgIpc) is 3.26. The third kappa shape index (κ3) is 2.86. The molecule has 3 heterocycles. The Kier molecular flexibility index (Phi) is 3.80. The number of carbonyl (C=O) groups excluding carboxylic acids is 1. The number of aryl methyl sites for hydroxylation is 2. The van der Waals surface area contributed by atoms with E-state index < -0.39 is 4.92 Å². The van der Waals surface area contributed by atoms with E-state index in [-0.39, 0.29) is 11.5 Å². The molecule has 8 heteroatoms. The Hall–Kier alpha value is -3.81. The fourth-order valence-corrected chi connectivity index (χ4v) is 3.03. The van der Waals surface area contributed by atoms with Crippen molar-refractivity contribution >= 4 is 17.1 Å². The van der Waals surface area contributed by atoms with Crippen molar-refractivity contribution in [2.45, 2.75) is 6.92 Å². The molecule has 0 fully saturated rings. The third-order valence-corrected chi connectivity index (χ3v) is 4.44. The number of nitro benzene ring substituents is 1. The van der Waals surface area contributed by atoms with E-state index in [1.807, 2.05) is 32.4 Å². The van der Waals surface area contributed by atoms with Crippen LogP contribution >= 0.6 is 0 Å². The van der Waals surface area contributed by atoms with Crippen LogP contribution in [0.2, 0.25) is 0 Å². The highest BCUT2D eigenvalue weighted by Crippen LogP contribution is 2.25. The molecule has 8 nitrogen and oxygen atoms in total. The molecule has 3 aromatic heterocycles. The maximum Gasteiger partial charge on any atom is 0.269 e. The summed E-state index contributed by atoms with van der Waals surface area (Å²) in [6.07, 6.45) is 7.06. The lowest BCUT2D eigenvalue weighted by Crippen LogP contribution is -2.06. The van der Waals surface area contributed by atoms with Gasteiger partial charge in [-0.2, -0.15) is 5.10 Å². The summed E-state index contributed by atoms with van der Waals surface area (Å²) in [6.45, 7) is 1.98. The van der Waals surface area contributed by atoms with Crippen molar-refractivity contribution in [1.29, 1.82) is 0 Å². The molecule has 0 atom stereocenters. The maximum absolute atomic E-state index is 12.9. The number of imidazole rings is 1. The zero-order chi connectivity index (χ0) is 19.1. The average molecular weight is 361 g/mol. The Labute approximate surface area is 153 Å². The van der Waals surface area contributed by atoms with Crippen LogP contribution in [0.1, 0.15) is 21.6 Å². The van der Waals surface area contributed by atoms with Gasteiger partial charge in [0.25, 0.3) is 5.69 Å². The van der Waals surface area contributed by atoms with Crippen molar-refractivity contribution in [1.82, 2.24) is 19.2 Å². The van der Waals surface area contributed by atoms with Crippen LogP contribution in [0.5, 0.6) is 0 Å². The summed E-state index contributed by atoms with van der Waals surface area (Å²) in [5.41, 5.74) is 4.28. The number of nitrogens with zero attached hydrogens (tertiary/aromatic N) is 5. The van der Waals surface area contributed by atoms with E-state index in [1.54, 1.807) is 15.3 Å². The molecular weight excluding hydrogens is 346 g/mol. The minimum atomic E-state index is -0.495. The standard InChI is InChI=1S/C19H15N5O3/c1-12-7-18-20-9-17(19(25)13-3-5-15(6-4-13)24(26)27)23(18)11-16(12)14-8-21-22(2)10-14/h3-11H,1-2H3. The number of nitro groups is 1. The number of ketones is 1. The van der Waals surface area contributed by atoms with Crippen LogP contribution in [-0.2, 0) is 7.05 Å². The first kappa shape index (κ1) is 16.6. The highest BCUT2D eigenvalue weighted by atomic mass is 16.6. The van der Waals surface area contributed by atoms with E-state index in [0.29, 0.717) is 16.9 Å². The Morgan fingerprint density at radius 2 is 1.89 bits per heavy atom. The summed E-state index contributed by atoms with van der Waals surface area (Å²) in [5, 5.41) is 15.0. The van der Waals surface area contributed by atoms with Crippen LogP contribution in [0.25, 0.3) is 16.8 Å². The molecular formula is C19H15N5O3. The molecule has 0 bridgehead atoms. The van der Waals surface area contributed by atoms with Gasteiger partial charge in [-0.05, 0) is 30.7 Å². The van der Waals surface area contributed by atoms with Gasteiger partial charge in [-0.25, -0.2) is 4.98 Å². The van der Waals surface area contributed by atoms with Crippen molar-refractivity contribution in [2.75, 3.05) is 0 Å². The summed E-state index contributed by atoms with van der Waals surface area (Å²) >= 11 is 0. The highest BCUT2D eigenvalue weighted by Gasteiger charge is 2.17. The molecule has 0 spiro atoms. The van der Waals surface area contributed by atoms with Crippen molar-refractivity contribution in [3.8, 4) is 11.1 Å². The van der Waals surface area contributed by atoms with Gasteiger partial charge in [0.1, 0.15) is 11.3 Å². The predicted octanol–water partition coefficient (Wildman–Crippen LogP) is 3.18. The van der Waals surface area contributed by atoms with Gasteiger partial charge in [-0.3, -0.25) is 24.0 Å². The van der Waals surface area contributed by atoms with E-state index in [4.69, 9.17) is 0 Å². The second-order valence-corrected chi connectivity index (χ2v) is 6.28. The van der Waals surface area contributed by atoms with E-state index in [1.165, 1.54) is 30.5 Å². The Balaban J connectivity index is 1.80. The third-order valence-electron chi connectivity index (χ3n) is 4.44. The molecule has 0 saturated carbocycles. The number of hydrogen-bond donors (Lipinski definition) is 0. The van der Waals surface area contributed by atoms with Gasteiger partial charge < -0.3 is 0 Å². The first-order chi connectivity index (χ1) is 12.9. The largest absolute Gasteiger partial charge is 0.296 e. The minimum Gasteiger partial charge on any atom is -0.296 e. The van der Waals surface area contributed by atoms with Crippen LogP contribution < -0.4 is 0 Å². The lowest BCUT2D eigenvalue weighted by molar-refractivity contribution is -0.384. The lowest BCUT2D eigenvalue weighted by atomic mass is 10.1. The van der Waals surface area contributed by atoms with Crippen LogP contribution in [0, 0.1) is 17.0 Å². The Morgan fingerprint density at radius 3 is 2.52 bits per heavy atom. The fraction of sp³-hybridized carbons (Fsp3) is 0.105. The first-order valence-corrected chi connectivity index (χ1v) is 8.20.